The third-order valence-corrected chi connectivity index (χ3v) is 13.7. The summed E-state index contributed by atoms with van der Waals surface area (Å²) < 4.78 is 69.2. The van der Waals surface area contributed by atoms with Crippen molar-refractivity contribution in [3.05, 3.63) is 0 Å². The van der Waals surface area contributed by atoms with Gasteiger partial charge in [-0.25, -0.2) is 4.57 Å². The first kappa shape index (κ1) is 33.1. The predicted molar refractivity (Wildman–Crippen MR) is 147 cm³/mol. The summed E-state index contributed by atoms with van der Waals surface area (Å²) in [6.45, 7) is 0. The van der Waals surface area contributed by atoms with E-state index in [0.717, 1.165) is 103 Å². The van der Waals surface area contributed by atoms with Crippen LogP contribution in [0.5, 0.6) is 0 Å². The third-order valence-electron chi connectivity index (χ3n) is 7.47. The lowest BCUT2D eigenvalue weighted by Crippen LogP contribution is -2.51. The van der Waals surface area contributed by atoms with Gasteiger partial charge in [-0.15, -0.1) is 0 Å². The van der Waals surface area contributed by atoms with Crippen LogP contribution < -0.4 is 9.44 Å². The first-order valence-corrected chi connectivity index (χ1v) is 18.9. The molecule has 0 aromatic rings. The molecule has 0 heterocycles. The Labute approximate surface area is 225 Å². The Morgan fingerprint density at radius 3 is 0.919 bits per heavy atom. The van der Waals surface area contributed by atoms with Gasteiger partial charge in [0.25, 0.3) is 0 Å². The Morgan fingerprint density at radius 1 is 0.486 bits per heavy atom. The number of hydrogen-bond acceptors (Lipinski definition) is 5. The SMILES string of the molecule is O=P(O)(O)N(S(=O)(=O)NC1CCCCCCCCCCC1)S(=O)(=O)NC1CCCCCCCCCCC1. The lowest BCUT2D eigenvalue weighted by Gasteiger charge is -2.28. The average Bonchev–Trinajstić information content (AvgIpc) is 2.75. The highest BCUT2D eigenvalue weighted by molar-refractivity contribution is 8.08. The third kappa shape index (κ3) is 13.2. The fourth-order valence-electron chi connectivity index (χ4n) is 5.48. The molecule has 0 saturated heterocycles. The van der Waals surface area contributed by atoms with Crippen LogP contribution in [0.2, 0.25) is 0 Å². The van der Waals surface area contributed by atoms with E-state index in [1.807, 2.05) is 0 Å². The summed E-state index contributed by atoms with van der Waals surface area (Å²) in [7, 11) is -15.8. The number of hydrogen-bond donors (Lipinski definition) is 4. The summed E-state index contributed by atoms with van der Waals surface area (Å²) in [6, 6.07) is -1.15. The Kier molecular flexibility index (Phi) is 15.1. The number of nitrogens with one attached hydrogen (secondary N) is 2. The fourth-order valence-corrected chi connectivity index (χ4v) is 10.8. The van der Waals surface area contributed by atoms with Crippen molar-refractivity contribution >= 4 is 28.2 Å². The topological polar surface area (TPSA) is 153 Å². The molecule has 10 nitrogen and oxygen atoms in total. The molecule has 220 valence electrons. The highest BCUT2D eigenvalue weighted by atomic mass is 32.3. The summed E-state index contributed by atoms with van der Waals surface area (Å²) in [6.07, 6.45) is 20.2. The molecule has 2 aliphatic rings. The first-order chi connectivity index (χ1) is 17.5. The van der Waals surface area contributed by atoms with E-state index in [1.165, 1.54) is 12.8 Å². The lowest BCUT2D eigenvalue weighted by atomic mass is 9.98. The second-order valence-corrected chi connectivity index (χ2v) is 16.2. The summed E-state index contributed by atoms with van der Waals surface area (Å²) in [5.74, 6) is 0. The van der Waals surface area contributed by atoms with Crippen LogP contribution in [0.15, 0.2) is 0 Å². The fraction of sp³-hybridized carbons (Fsp3) is 1.00. The number of nitrogens with zero attached hydrogens (tertiary/aromatic N) is 1. The molecule has 2 aliphatic carbocycles. The van der Waals surface area contributed by atoms with Crippen molar-refractivity contribution in [2.45, 2.75) is 153 Å². The molecule has 4 N–H and O–H groups in total. The highest BCUT2D eigenvalue weighted by Crippen LogP contribution is 2.44. The minimum Gasteiger partial charge on any atom is -0.311 e. The first-order valence-electron chi connectivity index (χ1n) is 14.4. The smallest absolute Gasteiger partial charge is 0.311 e. The Morgan fingerprint density at radius 2 is 0.703 bits per heavy atom. The van der Waals surface area contributed by atoms with Gasteiger partial charge in [0.05, 0.1) is 0 Å². The normalized spacial score (nSPS) is 22.9. The van der Waals surface area contributed by atoms with Crippen molar-refractivity contribution in [2.75, 3.05) is 0 Å². The lowest BCUT2D eigenvalue weighted by molar-refractivity contribution is 0.340. The summed E-state index contributed by atoms with van der Waals surface area (Å²) in [4.78, 5) is 19.8. The number of rotatable bonds is 7. The molecule has 0 atom stereocenters. The Balaban J connectivity index is 2.15. The van der Waals surface area contributed by atoms with Gasteiger partial charge in [0.1, 0.15) is 0 Å². The van der Waals surface area contributed by atoms with Crippen molar-refractivity contribution in [1.82, 2.24) is 12.9 Å². The van der Waals surface area contributed by atoms with Crippen molar-refractivity contribution in [3.8, 4) is 0 Å². The van der Waals surface area contributed by atoms with Crippen LogP contribution in [-0.4, -0.2) is 42.2 Å². The standard InChI is InChI=1S/C24H50N3O7PS2/c28-35(29,30)27(36(31,32)25-23-19-15-11-7-3-1-4-8-12-16-20-23)37(33,34)26-24-21-17-13-9-5-2-6-10-14-18-22-24/h23-26H,1-22H2,(H2,28,29,30). The van der Waals surface area contributed by atoms with Crippen molar-refractivity contribution in [3.63, 3.8) is 0 Å². The van der Waals surface area contributed by atoms with Crippen LogP contribution in [-0.2, 0) is 25.0 Å². The van der Waals surface area contributed by atoms with Crippen LogP contribution >= 0.6 is 7.75 Å². The van der Waals surface area contributed by atoms with Crippen LogP contribution in [0, 0.1) is 0 Å². The molecule has 0 spiro atoms. The second-order valence-electron chi connectivity index (χ2n) is 10.8. The zero-order chi connectivity index (χ0) is 27.2. The molecule has 0 aromatic heterocycles. The van der Waals surface area contributed by atoms with Gasteiger partial charge in [-0.2, -0.15) is 26.3 Å². The van der Waals surface area contributed by atoms with Crippen LogP contribution in [0.25, 0.3) is 0 Å². The zero-order valence-corrected chi connectivity index (χ0v) is 24.9. The highest BCUT2D eigenvalue weighted by Gasteiger charge is 2.48. The van der Waals surface area contributed by atoms with Gasteiger partial charge in [-0.3, -0.25) is 0 Å². The quantitative estimate of drug-likeness (QED) is 0.291. The summed E-state index contributed by atoms with van der Waals surface area (Å²) in [5.41, 5.74) is 0. The molecule has 0 aliphatic heterocycles. The molecule has 37 heavy (non-hydrogen) atoms. The van der Waals surface area contributed by atoms with E-state index in [2.05, 4.69) is 9.44 Å². The molecule has 0 aromatic carbocycles. The monoisotopic (exact) mass is 587 g/mol. The van der Waals surface area contributed by atoms with Crippen LogP contribution in [0.1, 0.15) is 141 Å². The van der Waals surface area contributed by atoms with E-state index in [-0.39, 0.29) is 0 Å². The van der Waals surface area contributed by atoms with E-state index in [9.17, 15) is 31.2 Å². The van der Waals surface area contributed by atoms with Gasteiger partial charge in [0.15, 0.2) is 0 Å². The minimum atomic E-state index is -5.72. The van der Waals surface area contributed by atoms with Gasteiger partial charge in [0, 0.05) is 15.6 Å². The zero-order valence-electron chi connectivity index (χ0n) is 22.4. The molecule has 2 rings (SSSR count). The van der Waals surface area contributed by atoms with Crippen LogP contribution in [0.4, 0.5) is 0 Å². The Bertz CT molecular complexity index is 810. The maximum absolute atomic E-state index is 13.2. The molecule has 2 saturated carbocycles. The average molecular weight is 588 g/mol. The maximum atomic E-state index is 13.2. The largest absolute Gasteiger partial charge is 0.432 e. The molecule has 0 unspecified atom stereocenters. The van der Waals surface area contributed by atoms with Crippen molar-refractivity contribution in [1.29, 1.82) is 0 Å². The van der Waals surface area contributed by atoms with E-state index < -0.39 is 43.7 Å². The van der Waals surface area contributed by atoms with E-state index >= 15 is 0 Å². The Hall–Kier alpha value is -0.0700. The van der Waals surface area contributed by atoms with E-state index in [0.29, 0.717) is 25.7 Å². The summed E-state index contributed by atoms with van der Waals surface area (Å²) in [5, 5.41) is 0. The summed E-state index contributed by atoms with van der Waals surface area (Å²) >= 11 is 0. The molecule has 0 amide bonds. The van der Waals surface area contributed by atoms with E-state index in [4.69, 9.17) is 0 Å². The molecule has 13 heteroatoms. The van der Waals surface area contributed by atoms with Crippen LogP contribution in [0.3, 0.4) is 0 Å². The van der Waals surface area contributed by atoms with Crippen molar-refractivity contribution in [2.24, 2.45) is 0 Å². The molecule has 2 fully saturated rings. The molecule has 0 radical (unpaired) electrons. The maximum Gasteiger partial charge on any atom is 0.432 e. The van der Waals surface area contributed by atoms with Gasteiger partial charge in [-0.05, 0) is 25.7 Å². The van der Waals surface area contributed by atoms with E-state index in [1.54, 1.807) is 0 Å². The molecular weight excluding hydrogens is 537 g/mol. The van der Waals surface area contributed by atoms with Gasteiger partial charge in [0.2, 0.25) is 0 Å². The second kappa shape index (κ2) is 16.9. The molecule has 0 bridgehead atoms. The van der Waals surface area contributed by atoms with Gasteiger partial charge < -0.3 is 9.79 Å². The van der Waals surface area contributed by atoms with Crippen molar-refractivity contribution < 1.29 is 31.2 Å². The molecular formula is C24H50N3O7PS2. The van der Waals surface area contributed by atoms with Gasteiger partial charge >= 0.3 is 28.2 Å². The predicted octanol–water partition coefficient (Wildman–Crippen LogP) is 5.40. The van der Waals surface area contributed by atoms with Gasteiger partial charge in [-0.1, -0.05) is 116 Å². The minimum absolute atomic E-state index is 0.504.